The zero-order chi connectivity index (χ0) is 23.7. The van der Waals surface area contributed by atoms with Gasteiger partial charge in [-0.3, -0.25) is 25.8 Å². The van der Waals surface area contributed by atoms with Crippen LogP contribution in [-0.2, 0) is 0 Å². The summed E-state index contributed by atoms with van der Waals surface area (Å²) >= 11 is 5.08. The smallest absolute Gasteiger partial charge is 0.269 e. The van der Waals surface area contributed by atoms with Gasteiger partial charge >= 0.3 is 0 Å². The molecule has 32 heavy (non-hydrogen) atoms. The Balaban J connectivity index is 1.94. The van der Waals surface area contributed by atoms with Crippen LogP contribution in [0.1, 0.15) is 34.6 Å². The molecule has 9 nitrogen and oxygen atoms in total. The number of hydrogen-bond acceptors (Lipinski definition) is 7. The van der Waals surface area contributed by atoms with E-state index in [1.807, 2.05) is 0 Å². The summed E-state index contributed by atoms with van der Waals surface area (Å²) < 4.78 is 21.3. The summed E-state index contributed by atoms with van der Waals surface area (Å²) in [7, 11) is 4.36. The topological polar surface area (TPSA) is 107 Å². The van der Waals surface area contributed by atoms with Crippen LogP contribution in [0.5, 0.6) is 23.0 Å². The van der Waals surface area contributed by atoms with Gasteiger partial charge in [-0.25, -0.2) is 0 Å². The van der Waals surface area contributed by atoms with E-state index < -0.39 is 11.8 Å². The lowest BCUT2D eigenvalue weighted by Crippen LogP contribution is -2.48. The number of methoxy groups -OCH3 is 3. The molecule has 0 spiro atoms. The zero-order valence-corrected chi connectivity index (χ0v) is 19.4. The Morgan fingerprint density at radius 2 is 1.47 bits per heavy atom. The van der Waals surface area contributed by atoms with Gasteiger partial charge in [-0.1, -0.05) is 13.8 Å². The number of amides is 2. The van der Waals surface area contributed by atoms with Crippen molar-refractivity contribution in [2.45, 2.75) is 13.8 Å². The Labute approximate surface area is 192 Å². The quantitative estimate of drug-likeness (QED) is 0.407. The standard InChI is InChI=1S/C22H27N3O6S/c1-13(2)12-31-16-8-6-14(7-9-16)21(27)24-25-22(32)23-20(26)15-10-17(28-3)19(30-5)18(11-15)29-4/h6-11,13H,12H2,1-5H3,(H,24,27)(H2,23,25,26,32). The van der Waals surface area contributed by atoms with Crippen LogP contribution < -0.4 is 35.1 Å². The van der Waals surface area contributed by atoms with Crippen LogP contribution in [-0.4, -0.2) is 44.9 Å². The maximum atomic E-state index is 12.5. The minimum absolute atomic E-state index is 0.0889. The molecule has 0 saturated carbocycles. The fourth-order valence-electron chi connectivity index (χ4n) is 2.57. The summed E-state index contributed by atoms with van der Waals surface area (Å²) in [5, 5.41) is 2.39. The minimum atomic E-state index is -0.525. The van der Waals surface area contributed by atoms with E-state index in [4.69, 9.17) is 31.2 Å². The number of ether oxygens (including phenoxy) is 4. The predicted octanol–water partition coefficient (Wildman–Crippen LogP) is 2.70. The van der Waals surface area contributed by atoms with Gasteiger partial charge in [0.1, 0.15) is 5.75 Å². The summed E-state index contributed by atoms with van der Waals surface area (Å²) in [6.07, 6.45) is 0. The summed E-state index contributed by atoms with van der Waals surface area (Å²) in [4.78, 5) is 24.8. The second-order valence-corrected chi connectivity index (χ2v) is 7.41. The third kappa shape index (κ3) is 6.74. The molecule has 2 rings (SSSR count). The molecule has 3 N–H and O–H groups in total. The van der Waals surface area contributed by atoms with E-state index in [9.17, 15) is 9.59 Å². The van der Waals surface area contributed by atoms with Gasteiger partial charge in [0, 0.05) is 11.1 Å². The molecule has 2 amide bonds. The Kier molecular flexibility index (Phi) is 9.08. The Morgan fingerprint density at radius 3 is 1.97 bits per heavy atom. The van der Waals surface area contributed by atoms with Crippen molar-refractivity contribution in [3.05, 3.63) is 47.5 Å². The first-order valence-electron chi connectivity index (χ1n) is 9.73. The predicted molar refractivity (Wildman–Crippen MR) is 124 cm³/mol. The average molecular weight is 462 g/mol. The molecular weight excluding hydrogens is 434 g/mol. The number of rotatable bonds is 8. The lowest BCUT2D eigenvalue weighted by atomic mass is 10.1. The fraction of sp³-hybridized carbons (Fsp3) is 0.318. The van der Waals surface area contributed by atoms with Gasteiger partial charge in [-0.15, -0.1) is 0 Å². The van der Waals surface area contributed by atoms with Crippen LogP contribution in [0, 0.1) is 5.92 Å². The van der Waals surface area contributed by atoms with Gasteiger partial charge in [0.25, 0.3) is 11.8 Å². The van der Waals surface area contributed by atoms with Crippen LogP contribution in [0.2, 0.25) is 0 Å². The minimum Gasteiger partial charge on any atom is -0.493 e. The molecule has 0 radical (unpaired) electrons. The monoisotopic (exact) mass is 461 g/mol. The van der Waals surface area contributed by atoms with Crippen molar-refractivity contribution in [1.29, 1.82) is 0 Å². The van der Waals surface area contributed by atoms with Crippen LogP contribution in [0.25, 0.3) is 0 Å². The van der Waals surface area contributed by atoms with E-state index in [1.54, 1.807) is 24.3 Å². The number of benzene rings is 2. The van der Waals surface area contributed by atoms with Gasteiger partial charge in [0.15, 0.2) is 16.6 Å². The first-order valence-corrected chi connectivity index (χ1v) is 10.1. The Bertz CT molecular complexity index is 938. The van der Waals surface area contributed by atoms with Crippen LogP contribution >= 0.6 is 12.2 Å². The molecular formula is C22H27N3O6S. The number of carbonyl (C=O) groups is 2. The molecule has 0 fully saturated rings. The first kappa shape index (κ1) is 24.7. The highest BCUT2D eigenvalue weighted by Crippen LogP contribution is 2.38. The normalized spacial score (nSPS) is 10.2. The van der Waals surface area contributed by atoms with Crippen LogP contribution in [0.3, 0.4) is 0 Å². The molecule has 0 aliphatic rings. The molecule has 0 heterocycles. The third-order valence-electron chi connectivity index (χ3n) is 4.14. The Morgan fingerprint density at radius 1 is 0.875 bits per heavy atom. The second-order valence-electron chi connectivity index (χ2n) is 7.01. The number of thiocarbonyl (C=S) groups is 1. The highest BCUT2D eigenvalue weighted by molar-refractivity contribution is 7.80. The second kappa shape index (κ2) is 11.8. The van der Waals surface area contributed by atoms with E-state index >= 15 is 0 Å². The Hall–Kier alpha value is -3.53. The first-order chi connectivity index (χ1) is 15.3. The van der Waals surface area contributed by atoms with Gasteiger partial charge in [-0.05, 0) is 54.5 Å². The molecule has 2 aromatic rings. The largest absolute Gasteiger partial charge is 0.493 e. The molecule has 10 heteroatoms. The number of hydrazine groups is 1. The van der Waals surface area contributed by atoms with E-state index in [0.29, 0.717) is 41.1 Å². The lowest BCUT2D eigenvalue weighted by molar-refractivity contribution is 0.0934. The van der Waals surface area contributed by atoms with Crippen molar-refractivity contribution in [2.75, 3.05) is 27.9 Å². The summed E-state index contributed by atoms with van der Waals surface area (Å²) in [5.41, 5.74) is 5.56. The zero-order valence-electron chi connectivity index (χ0n) is 18.6. The van der Waals surface area contributed by atoms with Crippen LogP contribution in [0.4, 0.5) is 0 Å². The van der Waals surface area contributed by atoms with Gasteiger partial charge in [-0.2, -0.15) is 0 Å². The highest BCUT2D eigenvalue weighted by Gasteiger charge is 2.18. The molecule has 0 atom stereocenters. The number of hydrogen-bond donors (Lipinski definition) is 3. The summed E-state index contributed by atoms with van der Waals surface area (Å²) in [6, 6.07) is 9.65. The molecule has 0 aliphatic carbocycles. The molecule has 0 bridgehead atoms. The van der Waals surface area contributed by atoms with Crippen molar-refractivity contribution < 1.29 is 28.5 Å². The van der Waals surface area contributed by atoms with E-state index in [-0.39, 0.29) is 10.7 Å². The maximum absolute atomic E-state index is 12.5. The summed E-state index contributed by atoms with van der Waals surface area (Å²) in [5.74, 6) is 1.14. The fourth-order valence-corrected chi connectivity index (χ4v) is 2.71. The lowest BCUT2D eigenvalue weighted by Gasteiger charge is -2.15. The van der Waals surface area contributed by atoms with Crippen molar-refractivity contribution in [2.24, 2.45) is 5.92 Å². The number of nitrogens with one attached hydrogen (secondary N) is 3. The van der Waals surface area contributed by atoms with E-state index in [2.05, 4.69) is 30.0 Å². The van der Waals surface area contributed by atoms with Gasteiger partial charge in [0.2, 0.25) is 5.75 Å². The molecule has 0 saturated heterocycles. The molecule has 172 valence electrons. The number of carbonyl (C=O) groups excluding carboxylic acids is 2. The summed E-state index contributed by atoms with van der Waals surface area (Å²) in [6.45, 7) is 4.70. The van der Waals surface area contributed by atoms with Gasteiger partial charge < -0.3 is 18.9 Å². The van der Waals surface area contributed by atoms with Crippen molar-refractivity contribution in [3.8, 4) is 23.0 Å². The van der Waals surface area contributed by atoms with E-state index in [0.717, 1.165) is 0 Å². The van der Waals surface area contributed by atoms with Gasteiger partial charge in [0.05, 0.1) is 27.9 Å². The van der Waals surface area contributed by atoms with E-state index in [1.165, 1.54) is 33.5 Å². The third-order valence-corrected chi connectivity index (χ3v) is 4.35. The molecule has 0 unspecified atom stereocenters. The highest BCUT2D eigenvalue weighted by atomic mass is 32.1. The average Bonchev–Trinajstić information content (AvgIpc) is 2.80. The van der Waals surface area contributed by atoms with Crippen molar-refractivity contribution >= 4 is 29.1 Å². The molecule has 2 aromatic carbocycles. The van der Waals surface area contributed by atoms with Crippen molar-refractivity contribution in [1.82, 2.24) is 16.2 Å². The maximum Gasteiger partial charge on any atom is 0.269 e. The van der Waals surface area contributed by atoms with Crippen molar-refractivity contribution in [3.63, 3.8) is 0 Å². The molecule has 0 aromatic heterocycles. The molecule has 0 aliphatic heterocycles. The van der Waals surface area contributed by atoms with Crippen LogP contribution in [0.15, 0.2) is 36.4 Å². The SMILES string of the molecule is COc1cc(C(=O)NC(=S)NNC(=O)c2ccc(OCC(C)C)cc2)cc(OC)c1OC.